The quantitative estimate of drug-likeness (QED) is 0.449. The van der Waals surface area contributed by atoms with Gasteiger partial charge < -0.3 is 24.0 Å². The van der Waals surface area contributed by atoms with Crippen molar-refractivity contribution >= 4 is 11.4 Å². The first-order valence-corrected chi connectivity index (χ1v) is 4.38. The molecular weight excluding hydrogens is 273 g/mol. The second-order valence-corrected chi connectivity index (χ2v) is 3.48. The molecule has 0 saturated carbocycles. The summed E-state index contributed by atoms with van der Waals surface area (Å²) in [5.74, 6) is 0.589. The Morgan fingerprint density at radius 1 is 1.23 bits per heavy atom. The minimum Gasteiger partial charge on any atom is -1.00 e. The van der Waals surface area contributed by atoms with Crippen molar-refractivity contribution in [3.05, 3.63) is 29.8 Å². The Kier molecular flexibility index (Phi) is 3.11. The summed E-state index contributed by atoms with van der Waals surface area (Å²) in [4.78, 5) is 0. The number of hydrogen-bond donors (Lipinski definition) is 0. The van der Waals surface area contributed by atoms with Crippen molar-refractivity contribution in [2.75, 3.05) is 7.05 Å². The molecule has 1 unspecified atom stereocenters. The first kappa shape index (κ1) is 10.7. The van der Waals surface area contributed by atoms with E-state index in [1.807, 2.05) is 0 Å². The summed E-state index contributed by atoms with van der Waals surface area (Å²) < 4.78 is 2.28. The van der Waals surface area contributed by atoms with E-state index in [-0.39, 0.29) is 24.0 Å². The third-order valence-electron chi connectivity index (χ3n) is 2.92. The molecule has 1 nitrogen and oxygen atoms in total. The fourth-order valence-corrected chi connectivity index (χ4v) is 1.86. The van der Waals surface area contributed by atoms with Crippen LogP contribution in [0.1, 0.15) is 25.3 Å². The molecule has 1 aromatic rings. The molecule has 2 rings (SSSR count). The molecule has 0 fully saturated rings. The summed E-state index contributed by atoms with van der Waals surface area (Å²) in [5.41, 5.74) is 4.26. The number of para-hydroxylation sites is 1. The van der Waals surface area contributed by atoms with Gasteiger partial charge in [0, 0.05) is 18.6 Å². The van der Waals surface area contributed by atoms with Crippen molar-refractivity contribution in [3.63, 3.8) is 0 Å². The standard InChI is InChI=1S/C11H14N.HI/c1-8-9(2)12(3)11-7-5-4-6-10(8)11;/h4-8H,1-3H3;1H/q+1;/p-1. The van der Waals surface area contributed by atoms with Crippen LogP contribution in [-0.4, -0.2) is 17.3 Å². The maximum absolute atomic E-state index is 2.28. The van der Waals surface area contributed by atoms with Crippen LogP contribution in [0, 0.1) is 0 Å². The van der Waals surface area contributed by atoms with E-state index in [9.17, 15) is 0 Å². The fourth-order valence-electron chi connectivity index (χ4n) is 1.86. The molecule has 1 aromatic carbocycles. The summed E-state index contributed by atoms with van der Waals surface area (Å²) in [5, 5.41) is 0. The second kappa shape index (κ2) is 3.78. The van der Waals surface area contributed by atoms with Crippen molar-refractivity contribution in [2.24, 2.45) is 0 Å². The van der Waals surface area contributed by atoms with Crippen LogP contribution in [0.2, 0.25) is 0 Å². The largest absolute Gasteiger partial charge is 1.00 e. The van der Waals surface area contributed by atoms with Gasteiger partial charge in [-0.2, -0.15) is 0 Å². The van der Waals surface area contributed by atoms with E-state index in [4.69, 9.17) is 0 Å². The predicted octanol–water partition coefficient (Wildman–Crippen LogP) is -0.458. The van der Waals surface area contributed by atoms with Gasteiger partial charge >= 0.3 is 0 Å². The van der Waals surface area contributed by atoms with E-state index >= 15 is 0 Å². The minimum atomic E-state index is 0. The Hall–Kier alpha value is -0.380. The molecule has 0 N–H and O–H groups in total. The van der Waals surface area contributed by atoms with Crippen LogP contribution < -0.4 is 24.0 Å². The molecule has 0 amide bonds. The highest BCUT2D eigenvalue weighted by atomic mass is 127. The molecule has 1 aliphatic rings. The lowest BCUT2D eigenvalue weighted by Gasteiger charge is -1.97. The van der Waals surface area contributed by atoms with Crippen LogP contribution in [0.5, 0.6) is 0 Å². The molecule has 13 heavy (non-hydrogen) atoms. The highest BCUT2D eigenvalue weighted by Crippen LogP contribution is 2.32. The van der Waals surface area contributed by atoms with E-state index in [2.05, 4.69) is 49.7 Å². The number of fused-ring (bicyclic) bond motifs is 1. The van der Waals surface area contributed by atoms with Gasteiger partial charge in [-0.15, -0.1) is 0 Å². The van der Waals surface area contributed by atoms with Gasteiger partial charge in [0.25, 0.3) is 0 Å². The third-order valence-corrected chi connectivity index (χ3v) is 2.92. The zero-order valence-electron chi connectivity index (χ0n) is 8.21. The number of nitrogens with zero attached hydrogens (tertiary/aromatic N) is 1. The fraction of sp³-hybridized carbons (Fsp3) is 0.364. The Balaban J connectivity index is 0.000000845. The summed E-state index contributed by atoms with van der Waals surface area (Å²) in [6, 6.07) is 8.61. The first-order valence-electron chi connectivity index (χ1n) is 4.38. The van der Waals surface area contributed by atoms with Gasteiger partial charge in [0.15, 0.2) is 5.71 Å². The average Bonchev–Trinajstić information content (AvgIpc) is 2.33. The summed E-state index contributed by atoms with van der Waals surface area (Å²) in [6.45, 7) is 4.46. The van der Waals surface area contributed by atoms with Gasteiger partial charge in [-0.1, -0.05) is 18.2 Å². The third kappa shape index (κ3) is 1.52. The molecule has 0 aliphatic carbocycles. The molecule has 0 radical (unpaired) electrons. The van der Waals surface area contributed by atoms with Gasteiger partial charge in [-0.3, -0.25) is 0 Å². The maximum Gasteiger partial charge on any atom is 0.208 e. The SMILES string of the molecule is CC1=[N+](C)c2ccccc2C1C.[I-]. The van der Waals surface area contributed by atoms with Crippen LogP contribution >= 0.6 is 0 Å². The lowest BCUT2D eigenvalue weighted by molar-refractivity contribution is -0.402. The van der Waals surface area contributed by atoms with Crippen LogP contribution in [0.4, 0.5) is 5.69 Å². The molecule has 0 saturated heterocycles. The number of halogens is 1. The lowest BCUT2D eigenvalue weighted by atomic mass is 9.99. The Bertz CT molecular complexity index is 355. The molecule has 1 aliphatic heterocycles. The Morgan fingerprint density at radius 3 is 2.46 bits per heavy atom. The average molecular weight is 287 g/mol. The van der Waals surface area contributed by atoms with E-state index in [0.717, 1.165) is 0 Å². The molecule has 0 bridgehead atoms. The van der Waals surface area contributed by atoms with Crippen LogP contribution in [0.3, 0.4) is 0 Å². The van der Waals surface area contributed by atoms with E-state index in [0.29, 0.717) is 5.92 Å². The van der Waals surface area contributed by atoms with Crippen molar-refractivity contribution < 1.29 is 28.6 Å². The van der Waals surface area contributed by atoms with Gasteiger partial charge in [-0.05, 0) is 6.92 Å². The van der Waals surface area contributed by atoms with E-state index in [1.54, 1.807) is 0 Å². The van der Waals surface area contributed by atoms with Crippen molar-refractivity contribution in [2.45, 2.75) is 19.8 Å². The number of hydrogen-bond acceptors (Lipinski definition) is 0. The van der Waals surface area contributed by atoms with E-state index < -0.39 is 0 Å². The maximum atomic E-state index is 2.28. The summed E-state index contributed by atoms with van der Waals surface area (Å²) in [7, 11) is 2.14. The normalized spacial score (nSPS) is 19.8. The number of rotatable bonds is 0. The lowest BCUT2D eigenvalue weighted by Crippen LogP contribution is -3.00. The molecule has 1 heterocycles. The van der Waals surface area contributed by atoms with Crippen LogP contribution in [-0.2, 0) is 0 Å². The molecule has 0 spiro atoms. The highest BCUT2D eigenvalue weighted by molar-refractivity contribution is 5.89. The van der Waals surface area contributed by atoms with Gasteiger partial charge in [0.05, 0.1) is 5.92 Å². The molecule has 70 valence electrons. The summed E-state index contributed by atoms with van der Waals surface area (Å²) >= 11 is 0. The second-order valence-electron chi connectivity index (χ2n) is 3.48. The van der Waals surface area contributed by atoms with E-state index in [1.165, 1.54) is 17.0 Å². The highest BCUT2D eigenvalue weighted by Gasteiger charge is 2.29. The topological polar surface area (TPSA) is 3.01 Å². The zero-order valence-corrected chi connectivity index (χ0v) is 10.4. The monoisotopic (exact) mass is 287 g/mol. The van der Waals surface area contributed by atoms with Crippen molar-refractivity contribution in [3.8, 4) is 0 Å². The smallest absolute Gasteiger partial charge is 0.208 e. The molecule has 0 aromatic heterocycles. The first-order chi connectivity index (χ1) is 5.72. The summed E-state index contributed by atoms with van der Waals surface area (Å²) in [6.07, 6.45) is 0. The van der Waals surface area contributed by atoms with Crippen LogP contribution in [0.15, 0.2) is 24.3 Å². The van der Waals surface area contributed by atoms with Gasteiger partial charge in [0.2, 0.25) is 5.69 Å². The molecular formula is C11H14IN. The predicted molar refractivity (Wildman–Crippen MR) is 51.4 cm³/mol. The number of benzene rings is 1. The van der Waals surface area contributed by atoms with Gasteiger partial charge in [-0.25, -0.2) is 4.58 Å². The Morgan fingerprint density at radius 2 is 1.85 bits per heavy atom. The zero-order chi connectivity index (χ0) is 8.72. The minimum absolute atomic E-state index is 0. The Labute approximate surface area is 96.5 Å². The van der Waals surface area contributed by atoms with Crippen molar-refractivity contribution in [1.29, 1.82) is 0 Å². The molecule has 2 heteroatoms. The van der Waals surface area contributed by atoms with Gasteiger partial charge in [0.1, 0.15) is 7.05 Å². The van der Waals surface area contributed by atoms with Crippen molar-refractivity contribution in [1.82, 2.24) is 0 Å². The molecule has 1 atom stereocenters. The van der Waals surface area contributed by atoms with Crippen LogP contribution in [0.25, 0.3) is 0 Å².